The van der Waals surface area contributed by atoms with Crippen molar-refractivity contribution in [1.29, 1.82) is 0 Å². The molecule has 2 fully saturated rings. The van der Waals surface area contributed by atoms with E-state index in [1.54, 1.807) is 0 Å². The van der Waals surface area contributed by atoms with Crippen molar-refractivity contribution in [2.24, 2.45) is 11.3 Å². The van der Waals surface area contributed by atoms with Crippen LogP contribution in [-0.2, 0) is 13.0 Å². The molecule has 1 unspecified atom stereocenters. The third-order valence-corrected chi connectivity index (χ3v) is 6.72. The molecule has 0 aromatic heterocycles. The second-order valence-electron chi connectivity index (χ2n) is 9.59. The molecule has 6 heteroatoms. The predicted octanol–water partition coefficient (Wildman–Crippen LogP) is 4.37. The molecule has 4 rings (SSSR count). The summed E-state index contributed by atoms with van der Waals surface area (Å²) in [5.41, 5.74) is 2.28. The van der Waals surface area contributed by atoms with Gasteiger partial charge in [-0.1, -0.05) is 38.1 Å². The summed E-state index contributed by atoms with van der Waals surface area (Å²) in [5, 5.41) is 6.52. The van der Waals surface area contributed by atoms with Crippen molar-refractivity contribution < 1.29 is 13.9 Å². The average Bonchev–Trinajstić information content (AvgIpc) is 2.80. The number of ether oxygens (including phenoxy) is 1. The number of halogens is 1. The van der Waals surface area contributed by atoms with Crippen LogP contribution in [0.5, 0.6) is 5.75 Å². The number of likely N-dealkylation sites (tertiary alicyclic amines) is 1. The number of carbonyl (C=O) groups is 1. The first-order valence-corrected chi connectivity index (χ1v) is 11.7. The monoisotopic (exact) mass is 439 g/mol. The maximum absolute atomic E-state index is 13.3. The molecule has 1 spiro atoms. The summed E-state index contributed by atoms with van der Waals surface area (Å²) in [6.45, 7) is 8.18. The van der Waals surface area contributed by atoms with Gasteiger partial charge in [-0.05, 0) is 73.7 Å². The maximum atomic E-state index is 13.3. The van der Waals surface area contributed by atoms with Crippen molar-refractivity contribution >= 4 is 6.03 Å². The molecule has 0 saturated carbocycles. The summed E-state index contributed by atoms with van der Waals surface area (Å²) >= 11 is 0. The molecule has 172 valence electrons. The van der Waals surface area contributed by atoms with Gasteiger partial charge >= 0.3 is 6.03 Å². The number of piperidine rings is 1. The van der Waals surface area contributed by atoms with E-state index in [1.165, 1.54) is 12.1 Å². The first kappa shape index (κ1) is 22.6. The van der Waals surface area contributed by atoms with Gasteiger partial charge in [0.2, 0.25) is 0 Å². The van der Waals surface area contributed by atoms with Crippen LogP contribution < -0.4 is 15.4 Å². The highest BCUT2D eigenvalue weighted by molar-refractivity contribution is 5.76. The van der Waals surface area contributed by atoms with E-state index >= 15 is 0 Å². The fourth-order valence-electron chi connectivity index (χ4n) is 4.82. The Morgan fingerprint density at radius 3 is 2.44 bits per heavy atom. The van der Waals surface area contributed by atoms with Crippen LogP contribution in [0.4, 0.5) is 9.18 Å². The standard InChI is InChI=1S/C26H34FN3O2/c1-19(2)17-32-23-9-5-21(6-10-23)16-29-25(31)30-18-26(11-13-28-14-12-26)24(30)15-20-3-7-22(27)8-4-20/h3-10,19,24,28H,11-18H2,1-2H3,(H,29,31). The van der Waals surface area contributed by atoms with E-state index in [-0.39, 0.29) is 23.3 Å². The minimum absolute atomic E-state index is 0.0265. The van der Waals surface area contributed by atoms with Crippen molar-refractivity contribution in [2.45, 2.75) is 45.7 Å². The van der Waals surface area contributed by atoms with Crippen LogP contribution in [0.2, 0.25) is 0 Å². The second kappa shape index (κ2) is 9.90. The lowest BCUT2D eigenvalue weighted by Gasteiger charge is -2.59. The van der Waals surface area contributed by atoms with Gasteiger partial charge in [0.25, 0.3) is 0 Å². The highest BCUT2D eigenvalue weighted by atomic mass is 19.1. The van der Waals surface area contributed by atoms with Crippen molar-refractivity contribution in [1.82, 2.24) is 15.5 Å². The number of urea groups is 1. The molecule has 0 aliphatic carbocycles. The number of nitrogens with zero attached hydrogens (tertiary/aromatic N) is 1. The summed E-state index contributed by atoms with van der Waals surface area (Å²) in [7, 11) is 0. The summed E-state index contributed by atoms with van der Waals surface area (Å²) in [6, 6.07) is 14.7. The molecule has 2 aliphatic heterocycles. The van der Waals surface area contributed by atoms with Gasteiger partial charge in [-0.15, -0.1) is 0 Å². The van der Waals surface area contributed by atoms with E-state index in [0.717, 1.165) is 55.8 Å². The predicted molar refractivity (Wildman–Crippen MR) is 124 cm³/mol. The molecule has 2 aliphatic rings. The maximum Gasteiger partial charge on any atom is 0.317 e. The minimum atomic E-state index is -0.228. The topological polar surface area (TPSA) is 53.6 Å². The molecular formula is C26H34FN3O2. The number of hydrogen-bond acceptors (Lipinski definition) is 3. The Balaban J connectivity index is 1.36. The Morgan fingerprint density at radius 2 is 1.78 bits per heavy atom. The van der Waals surface area contributed by atoms with Gasteiger partial charge in [0.1, 0.15) is 11.6 Å². The molecule has 5 nitrogen and oxygen atoms in total. The Morgan fingerprint density at radius 1 is 1.12 bits per heavy atom. The summed E-state index contributed by atoms with van der Waals surface area (Å²) in [6.07, 6.45) is 2.90. The molecule has 0 radical (unpaired) electrons. The largest absolute Gasteiger partial charge is 0.493 e. The summed E-state index contributed by atoms with van der Waals surface area (Å²) < 4.78 is 19.1. The Bertz CT molecular complexity index is 892. The van der Waals surface area contributed by atoms with Crippen LogP contribution in [-0.4, -0.2) is 43.2 Å². The first-order valence-electron chi connectivity index (χ1n) is 11.7. The van der Waals surface area contributed by atoms with Gasteiger partial charge in [-0.25, -0.2) is 9.18 Å². The van der Waals surface area contributed by atoms with Gasteiger partial charge in [0.15, 0.2) is 0 Å². The van der Waals surface area contributed by atoms with Crippen LogP contribution in [0.15, 0.2) is 48.5 Å². The van der Waals surface area contributed by atoms with Crippen molar-refractivity contribution in [2.75, 3.05) is 26.2 Å². The molecule has 2 N–H and O–H groups in total. The highest BCUT2D eigenvalue weighted by Gasteiger charge is 2.54. The zero-order chi connectivity index (χ0) is 22.6. The van der Waals surface area contributed by atoms with E-state index in [1.807, 2.05) is 41.3 Å². The van der Waals surface area contributed by atoms with Crippen molar-refractivity contribution in [3.05, 3.63) is 65.5 Å². The lowest BCUT2D eigenvalue weighted by molar-refractivity contribution is -0.0618. The van der Waals surface area contributed by atoms with E-state index in [4.69, 9.17) is 4.74 Å². The quantitative estimate of drug-likeness (QED) is 0.674. The summed E-state index contributed by atoms with van der Waals surface area (Å²) in [5.74, 6) is 1.11. The fourth-order valence-corrected chi connectivity index (χ4v) is 4.82. The van der Waals surface area contributed by atoms with Crippen LogP contribution >= 0.6 is 0 Å². The van der Waals surface area contributed by atoms with E-state index in [9.17, 15) is 9.18 Å². The fraction of sp³-hybridized carbons (Fsp3) is 0.500. The van der Waals surface area contributed by atoms with Crippen LogP contribution in [0, 0.1) is 17.2 Å². The average molecular weight is 440 g/mol. The van der Waals surface area contributed by atoms with Crippen LogP contribution in [0.3, 0.4) is 0 Å². The number of benzene rings is 2. The van der Waals surface area contributed by atoms with Crippen LogP contribution in [0.25, 0.3) is 0 Å². The van der Waals surface area contributed by atoms with Crippen molar-refractivity contribution in [3.63, 3.8) is 0 Å². The lowest BCUT2D eigenvalue weighted by atomic mass is 9.64. The third-order valence-electron chi connectivity index (χ3n) is 6.72. The number of hydrogen-bond donors (Lipinski definition) is 2. The number of amides is 2. The van der Waals surface area contributed by atoms with Gasteiger partial charge in [-0.2, -0.15) is 0 Å². The highest BCUT2D eigenvalue weighted by Crippen LogP contribution is 2.46. The number of nitrogens with one attached hydrogen (secondary N) is 2. The normalized spacial score (nSPS) is 19.6. The van der Waals surface area contributed by atoms with E-state index in [2.05, 4.69) is 24.5 Å². The number of rotatable bonds is 7. The lowest BCUT2D eigenvalue weighted by Crippen LogP contribution is -2.70. The minimum Gasteiger partial charge on any atom is -0.493 e. The van der Waals surface area contributed by atoms with Gasteiger partial charge in [-0.3, -0.25) is 0 Å². The molecule has 32 heavy (non-hydrogen) atoms. The molecule has 2 amide bonds. The van der Waals surface area contributed by atoms with Gasteiger partial charge in [0, 0.05) is 24.5 Å². The SMILES string of the molecule is CC(C)COc1ccc(CNC(=O)N2CC3(CCNCC3)C2Cc2ccc(F)cc2)cc1. The van der Waals surface area contributed by atoms with Gasteiger partial charge in [0.05, 0.1) is 6.61 Å². The van der Waals surface area contributed by atoms with Crippen molar-refractivity contribution in [3.8, 4) is 5.75 Å². The zero-order valence-corrected chi connectivity index (χ0v) is 19.1. The third kappa shape index (κ3) is 5.23. The molecule has 2 heterocycles. The number of carbonyl (C=O) groups excluding carboxylic acids is 1. The molecule has 0 bridgehead atoms. The Hall–Kier alpha value is -2.60. The second-order valence-corrected chi connectivity index (χ2v) is 9.59. The first-order chi connectivity index (χ1) is 15.4. The molecule has 2 saturated heterocycles. The molecular weight excluding hydrogens is 405 g/mol. The zero-order valence-electron chi connectivity index (χ0n) is 19.1. The molecule has 1 atom stereocenters. The molecule has 2 aromatic carbocycles. The van der Waals surface area contributed by atoms with Crippen LogP contribution in [0.1, 0.15) is 37.8 Å². The molecule has 2 aromatic rings. The van der Waals surface area contributed by atoms with Gasteiger partial charge < -0.3 is 20.3 Å². The Kier molecular flexibility index (Phi) is 6.99. The van der Waals surface area contributed by atoms with E-state index < -0.39 is 0 Å². The Labute approximate surface area is 190 Å². The van der Waals surface area contributed by atoms with E-state index in [0.29, 0.717) is 19.1 Å². The summed E-state index contributed by atoms with van der Waals surface area (Å²) in [4.78, 5) is 15.0. The smallest absolute Gasteiger partial charge is 0.317 e.